The minimum atomic E-state index is -0.272. The summed E-state index contributed by atoms with van der Waals surface area (Å²) in [5, 5.41) is 4.76. The maximum absolute atomic E-state index is 12.7. The highest BCUT2D eigenvalue weighted by atomic mass is 32.2. The Kier molecular flexibility index (Phi) is 7.34. The first-order valence-electron chi connectivity index (χ1n) is 10.1. The van der Waals surface area contributed by atoms with E-state index >= 15 is 0 Å². The van der Waals surface area contributed by atoms with Crippen LogP contribution >= 0.6 is 23.1 Å². The predicted molar refractivity (Wildman–Crippen MR) is 117 cm³/mol. The number of nitrogens with one attached hydrogen (secondary N) is 1. The molecule has 2 amide bonds. The number of thioether (sulfide) groups is 1. The molecule has 1 atom stereocenters. The largest absolute Gasteiger partial charge is 0.450 e. The van der Waals surface area contributed by atoms with E-state index in [4.69, 9.17) is 4.74 Å². The number of amides is 2. The minimum Gasteiger partial charge on any atom is -0.450 e. The number of carbonyl (C=O) groups excluding carboxylic acids is 2. The molecule has 3 heterocycles. The molecule has 0 bridgehead atoms. The van der Waals surface area contributed by atoms with Gasteiger partial charge in [0.1, 0.15) is 15.7 Å². The van der Waals surface area contributed by atoms with Crippen molar-refractivity contribution in [3.05, 3.63) is 16.8 Å². The van der Waals surface area contributed by atoms with Gasteiger partial charge in [0.05, 0.1) is 11.9 Å². The van der Waals surface area contributed by atoms with E-state index < -0.39 is 0 Å². The summed E-state index contributed by atoms with van der Waals surface area (Å²) in [6.07, 6.45) is 2.17. The molecule has 3 rings (SSSR count). The molecular weight excluding hydrogens is 408 g/mol. The van der Waals surface area contributed by atoms with Crippen LogP contribution in [0.3, 0.4) is 0 Å². The van der Waals surface area contributed by atoms with Crippen molar-refractivity contribution < 1.29 is 14.3 Å². The van der Waals surface area contributed by atoms with Crippen molar-refractivity contribution in [2.75, 3.05) is 19.7 Å². The van der Waals surface area contributed by atoms with Crippen LogP contribution in [0.25, 0.3) is 10.2 Å². The van der Waals surface area contributed by atoms with Gasteiger partial charge in [-0.05, 0) is 46.1 Å². The Morgan fingerprint density at radius 3 is 2.72 bits per heavy atom. The van der Waals surface area contributed by atoms with Gasteiger partial charge in [-0.1, -0.05) is 18.7 Å². The van der Waals surface area contributed by atoms with Crippen LogP contribution in [0, 0.1) is 6.92 Å². The third-order valence-electron chi connectivity index (χ3n) is 4.89. The van der Waals surface area contributed by atoms with Crippen molar-refractivity contribution in [2.24, 2.45) is 0 Å². The second-order valence-corrected chi connectivity index (χ2v) is 9.53. The van der Waals surface area contributed by atoms with Gasteiger partial charge in [0.2, 0.25) is 5.91 Å². The van der Waals surface area contributed by atoms with Crippen molar-refractivity contribution in [2.45, 2.75) is 63.3 Å². The third kappa shape index (κ3) is 5.39. The molecule has 1 fully saturated rings. The molecule has 1 N–H and O–H groups in total. The average Bonchev–Trinajstić information content (AvgIpc) is 3.12. The predicted octanol–water partition coefficient (Wildman–Crippen LogP) is 3.78. The van der Waals surface area contributed by atoms with E-state index in [1.54, 1.807) is 23.2 Å². The Bertz CT molecular complexity index is 878. The second-order valence-electron chi connectivity index (χ2n) is 7.09. The van der Waals surface area contributed by atoms with Crippen molar-refractivity contribution in [1.29, 1.82) is 0 Å². The Morgan fingerprint density at radius 1 is 1.34 bits per heavy atom. The molecule has 0 spiro atoms. The SMILES string of the molecule is CCOC(=O)N1CCC(NC(=O)C(C)Sc2nc(C)nc3sc(CC)cc23)CC1. The fourth-order valence-corrected chi connectivity index (χ4v) is 5.33. The van der Waals surface area contributed by atoms with Gasteiger partial charge < -0.3 is 15.0 Å². The van der Waals surface area contributed by atoms with Gasteiger partial charge in [-0.25, -0.2) is 14.8 Å². The lowest BCUT2D eigenvalue weighted by molar-refractivity contribution is -0.121. The number of aryl methyl sites for hydroxylation is 2. The van der Waals surface area contributed by atoms with Crippen molar-refractivity contribution in [3.8, 4) is 0 Å². The summed E-state index contributed by atoms with van der Waals surface area (Å²) in [5.74, 6) is 0.725. The fraction of sp³-hybridized carbons (Fsp3) is 0.600. The molecule has 2 aromatic heterocycles. The van der Waals surface area contributed by atoms with E-state index in [1.165, 1.54) is 16.6 Å². The van der Waals surface area contributed by atoms with Crippen LogP contribution in [0.1, 0.15) is 44.3 Å². The van der Waals surface area contributed by atoms with Crippen LogP contribution in [0.15, 0.2) is 11.1 Å². The van der Waals surface area contributed by atoms with Crippen LogP contribution in [-0.4, -0.2) is 57.9 Å². The van der Waals surface area contributed by atoms with Crippen LogP contribution in [0.4, 0.5) is 4.79 Å². The van der Waals surface area contributed by atoms with E-state index in [2.05, 4.69) is 28.3 Å². The molecule has 9 heteroatoms. The van der Waals surface area contributed by atoms with Gasteiger partial charge in [-0.2, -0.15) is 0 Å². The maximum Gasteiger partial charge on any atom is 0.409 e. The number of thiophene rings is 1. The quantitative estimate of drug-likeness (QED) is 0.548. The number of fused-ring (bicyclic) bond motifs is 1. The Hall–Kier alpha value is -1.87. The molecule has 1 aliphatic heterocycles. The highest BCUT2D eigenvalue weighted by Gasteiger charge is 2.26. The molecule has 1 unspecified atom stereocenters. The maximum atomic E-state index is 12.7. The molecule has 1 saturated heterocycles. The van der Waals surface area contributed by atoms with Gasteiger partial charge in [0.15, 0.2) is 0 Å². The number of hydrogen-bond acceptors (Lipinski definition) is 7. The topological polar surface area (TPSA) is 84.4 Å². The number of aromatic nitrogens is 2. The number of carbonyl (C=O) groups is 2. The van der Waals surface area contributed by atoms with Crippen LogP contribution in [0.5, 0.6) is 0 Å². The average molecular weight is 437 g/mol. The van der Waals surface area contributed by atoms with Gasteiger partial charge in [0, 0.05) is 29.4 Å². The molecule has 0 aliphatic carbocycles. The molecular formula is C20H28N4O3S2. The number of rotatable bonds is 6. The standard InChI is InChI=1S/C20H28N4O3S2/c1-5-15-11-16-18(21-13(4)22-19(16)29-15)28-12(3)17(25)23-14-7-9-24(10-8-14)20(26)27-6-2/h11-12,14H,5-10H2,1-4H3,(H,23,25). The molecule has 158 valence electrons. The van der Waals surface area contributed by atoms with E-state index in [0.29, 0.717) is 19.7 Å². The van der Waals surface area contributed by atoms with Gasteiger partial charge in [0.25, 0.3) is 0 Å². The van der Waals surface area contributed by atoms with Crippen LogP contribution in [0.2, 0.25) is 0 Å². The third-order valence-corrected chi connectivity index (χ3v) is 7.17. The lowest BCUT2D eigenvalue weighted by atomic mass is 10.1. The molecule has 2 aromatic rings. The monoisotopic (exact) mass is 436 g/mol. The summed E-state index contributed by atoms with van der Waals surface area (Å²) in [5.41, 5.74) is 0. The number of likely N-dealkylation sites (tertiary alicyclic amines) is 1. The van der Waals surface area contributed by atoms with Crippen LogP contribution < -0.4 is 5.32 Å². The van der Waals surface area contributed by atoms with Crippen LogP contribution in [-0.2, 0) is 16.0 Å². The molecule has 0 aromatic carbocycles. The zero-order chi connectivity index (χ0) is 21.0. The number of ether oxygens (including phenoxy) is 1. The van der Waals surface area contributed by atoms with Gasteiger partial charge >= 0.3 is 6.09 Å². The van der Waals surface area contributed by atoms with E-state index in [9.17, 15) is 9.59 Å². The first-order chi connectivity index (χ1) is 13.9. The summed E-state index contributed by atoms with van der Waals surface area (Å²) in [6, 6.07) is 2.22. The smallest absolute Gasteiger partial charge is 0.409 e. The molecule has 0 saturated carbocycles. The van der Waals surface area contributed by atoms with Crippen molar-refractivity contribution in [1.82, 2.24) is 20.2 Å². The normalized spacial score (nSPS) is 16.1. The Morgan fingerprint density at radius 2 is 2.07 bits per heavy atom. The fourth-order valence-electron chi connectivity index (χ4n) is 3.27. The van der Waals surface area contributed by atoms with Crippen molar-refractivity contribution >= 4 is 45.3 Å². The Labute approximate surface area is 179 Å². The molecule has 7 nitrogen and oxygen atoms in total. The summed E-state index contributed by atoms with van der Waals surface area (Å²) in [7, 11) is 0. The first kappa shape index (κ1) is 21.8. The van der Waals surface area contributed by atoms with E-state index in [0.717, 1.165) is 40.3 Å². The lowest BCUT2D eigenvalue weighted by Crippen LogP contribution is -2.48. The first-order valence-corrected chi connectivity index (χ1v) is 11.8. The van der Waals surface area contributed by atoms with Crippen molar-refractivity contribution in [3.63, 3.8) is 0 Å². The van der Waals surface area contributed by atoms with E-state index in [-0.39, 0.29) is 23.3 Å². The number of nitrogens with zero attached hydrogens (tertiary/aromatic N) is 3. The Balaban J connectivity index is 1.58. The highest BCUT2D eigenvalue weighted by molar-refractivity contribution is 8.00. The summed E-state index contributed by atoms with van der Waals surface area (Å²) < 4.78 is 5.04. The van der Waals surface area contributed by atoms with Gasteiger partial charge in [-0.15, -0.1) is 11.3 Å². The summed E-state index contributed by atoms with van der Waals surface area (Å²) >= 11 is 3.17. The molecule has 1 aliphatic rings. The van der Waals surface area contributed by atoms with E-state index in [1.807, 2.05) is 13.8 Å². The number of hydrogen-bond donors (Lipinski definition) is 1. The summed E-state index contributed by atoms with van der Waals surface area (Å²) in [4.78, 5) is 37.6. The zero-order valence-electron chi connectivity index (χ0n) is 17.4. The second kappa shape index (κ2) is 9.75. The number of piperidine rings is 1. The minimum absolute atomic E-state index is 0.0000513. The zero-order valence-corrected chi connectivity index (χ0v) is 19.0. The summed E-state index contributed by atoms with van der Waals surface area (Å²) in [6.45, 7) is 9.31. The lowest BCUT2D eigenvalue weighted by Gasteiger charge is -2.32. The molecule has 29 heavy (non-hydrogen) atoms. The van der Waals surface area contributed by atoms with Gasteiger partial charge in [-0.3, -0.25) is 4.79 Å². The molecule has 0 radical (unpaired) electrons. The highest BCUT2D eigenvalue weighted by Crippen LogP contribution is 2.33.